The number of hydrogen-bond donors (Lipinski definition) is 3. The Labute approximate surface area is 148 Å². The molecule has 0 saturated carbocycles. The summed E-state index contributed by atoms with van der Waals surface area (Å²) in [5, 5.41) is 14.7. The standard InChI is InChI=1S/C17H20F4N4O/c1-9(2)13(8-26)23-16-24-14(17(19,20)21)7-15(25-16)22-11-5-4-10(3)12(18)6-11/h4-7,9,13,26H,8H2,1-3H3,(H2,22,23,24,25)/t13-/m1/s1. The summed E-state index contributed by atoms with van der Waals surface area (Å²) in [5.41, 5.74) is -0.474. The second-order valence-electron chi connectivity index (χ2n) is 6.23. The molecule has 0 amide bonds. The summed E-state index contributed by atoms with van der Waals surface area (Å²) < 4.78 is 53.0. The lowest BCUT2D eigenvalue weighted by Crippen LogP contribution is -2.30. The molecule has 142 valence electrons. The Morgan fingerprint density at radius 3 is 2.38 bits per heavy atom. The van der Waals surface area contributed by atoms with E-state index in [9.17, 15) is 22.7 Å². The van der Waals surface area contributed by atoms with E-state index >= 15 is 0 Å². The van der Waals surface area contributed by atoms with Crippen LogP contribution in [0.5, 0.6) is 0 Å². The molecule has 9 heteroatoms. The summed E-state index contributed by atoms with van der Waals surface area (Å²) in [4.78, 5) is 7.47. The van der Waals surface area contributed by atoms with Gasteiger partial charge in [0.2, 0.25) is 5.95 Å². The Kier molecular flexibility index (Phi) is 6.01. The Morgan fingerprint density at radius 2 is 1.85 bits per heavy atom. The topological polar surface area (TPSA) is 70.1 Å². The highest BCUT2D eigenvalue weighted by Crippen LogP contribution is 2.31. The fourth-order valence-corrected chi connectivity index (χ4v) is 2.13. The first-order chi connectivity index (χ1) is 12.1. The number of halogens is 4. The molecule has 1 aromatic heterocycles. The van der Waals surface area contributed by atoms with Crippen molar-refractivity contribution in [3.8, 4) is 0 Å². The highest BCUT2D eigenvalue weighted by atomic mass is 19.4. The van der Waals surface area contributed by atoms with Gasteiger partial charge in [-0.25, -0.2) is 9.37 Å². The third-order valence-electron chi connectivity index (χ3n) is 3.78. The number of aliphatic hydroxyl groups excluding tert-OH is 1. The summed E-state index contributed by atoms with van der Waals surface area (Å²) in [5.74, 6) is -0.958. The molecule has 5 nitrogen and oxygen atoms in total. The number of hydrogen-bond acceptors (Lipinski definition) is 5. The van der Waals surface area contributed by atoms with E-state index in [0.717, 1.165) is 6.07 Å². The number of aryl methyl sites for hydroxylation is 1. The van der Waals surface area contributed by atoms with E-state index in [1.165, 1.54) is 18.2 Å². The number of alkyl halides is 3. The third-order valence-corrected chi connectivity index (χ3v) is 3.78. The molecule has 1 heterocycles. The molecule has 3 N–H and O–H groups in total. The van der Waals surface area contributed by atoms with Crippen molar-refractivity contribution in [2.75, 3.05) is 17.2 Å². The maximum absolute atomic E-state index is 13.6. The molecule has 1 atom stereocenters. The zero-order valence-corrected chi connectivity index (χ0v) is 14.5. The summed E-state index contributed by atoms with van der Waals surface area (Å²) in [7, 11) is 0. The van der Waals surface area contributed by atoms with Crippen molar-refractivity contribution in [2.24, 2.45) is 5.92 Å². The summed E-state index contributed by atoms with van der Waals surface area (Å²) >= 11 is 0. The van der Waals surface area contributed by atoms with Gasteiger partial charge < -0.3 is 15.7 Å². The van der Waals surface area contributed by atoms with Crippen LogP contribution in [0.3, 0.4) is 0 Å². The van der Waals surface area contributed by atoms with Crippen molar-refractivity contribution in [3.63, 3.8) is 0 Å². The monoisotopic (exact) mass is 372 g/mol. The molecule has 0 aliphatic heterocycles. The SMILES string of the molecule is Cc1ccc(Nc2cc(C(F)(F)F)nc(N[C@H](CO)C(C)C)n2)cc1F. The summed E-state index contributed by atoms with van der Waals surface area (Å²) in [6.45, 7) is 4.89. The van der Waals surface area contributed by atoms with E-state index in [1.807, 2.05) is 0 Å². The lowest BCUT2D eigenvalue weighted by molar-refractivity contribution is -0.141. The number of benzene rings is 1. The van der Waals surface area contributed by atoms with Gasteiger partial charge >= 0.3 is 6.18 Å². The molecule has 0 fully saturated rings. The van der Waals surface area contributed by atoms with E-state index in [2.05, 4.69) is 20.6 Å². The third kappa shape index (κ3) is 5.04. The predicted octanol–water partition coefficient (Wildman–Crippen LogP) is 4.12. The van der Waals surface area contributed by atoms with Gasteiger partial charge in [0.05, 0.1) is 12.6 Å². The molecular weight excluding hydrogens is 352 g/mol. The first-order valence-electron chi connectivity index (χ1n) is 7.97. The highest BCUT2D eigenvalue weighted by molar-refractivity contribution is 5.58. The molecule has 26 heavy (non-hydrogen) atoms. The van der Waals surface area contributed by atoms with Gasteiger partial charge in [-0.1, -0.05) is 19.9 Å². The molecule has 0 saturated heterocycles. The van der Waals surface area contributed by atoms with E-state index < -0.39 is 23.7 Å². The van der Waals surface area contributed by atoms with Gasteiger partial charge in [-0.3, -0.25) is 0 Å². The molecule has 1 aromatic carbocycles. The van der Waals surface area contributed by atoms with Crippen LogP contribution in [0, 0.1) is 18.7 Å². The van der Waals surface area contributed by atoms with Gasteiger partial charge in [-0.15, -0.1) is 0 Å². The largest absolute Gasteiger partial charge is 0.433 e. The Morgan fingerprint density at radius 1 is 1.15 bits per heavy atom. The lowest BCUT2D eigenvalue weighted by atomic mass is 10.1. The van der Waals surface area contributed by atoms with Crippen LogP contribution in [0.2, 0.25) is 0 Å². The van der Waals surface area contributed by atoms with Crippen LogP contribution in [0.4, 0.5) is 35.0 Å². The average Bonchev–Trinajstić information content (AvgIpc) is 2.55. The normalized spacial score (nSPS) is 13.0. The smallest absolute Gasteiger partial charge is 0.394 e. The second-order valence-corrected chi connectivity index (χ2v) is 6.23. The summed E-state index contributed by atoms with van der Waals surface area (Å²) in [6.07, 6.45) is -4.68. The average molecular weight is 372 g/mol. The summed E-state index contributed by atoms with van der Waals surface area (Å²) in [6, 6.07) is 4.44. The minimum absolute atomic E-state index is 0.0549. The van der Waals surface area contributed by atoms with Crippen molar-refractivity contribution in [1.82, 2.24) is 9.97 Å². The lowest BCUT2D eigenvalue weighted by Gasteiger charge is -2.21. The Balaban J connectivity index is 2.38. The van der Waals surface area contributed by atoms with Crippen molar-refractivity contribution < 1.29 is 22.7 Å². The van der Waals surface area contributed by atoms with Crippen molar-refractivity contribution in [3.05, 3.63) is 41.3 Å². The van der Waals surface area contributed by atoms with Crippen LogP contribution in [-0.2, 0) is 6.18 Å². The van der Waals surface area contributed by atoms with Crippen LogP contribution in [0.15, 0.2) is 24.3 Å². The number of nitrogens with one attached hydrogen (secondary N) is 2. The van der Waals surface area contributed by atoms with Gasteiger partial charge in [0, 0.05) is 11.8 Å². The maximum atomic E-state index is 13.6. The fourth-order valence-electron chi connectivity index (χ4n) is 2.13. The first-order valence-corrected chi connectivity index (χ1v) is 7.97. The zero-order valence-electron chi connectivity index (χ0n) is 14.5. The predicted molar refractivity (Wildman–Crippen MR) is 90.8 cm³/mol. The van der Waals surface area contributed by atoms with Crippen molar-refractivity contribution in [2.45, 2.75) is 33.0 Å². The van der Waals surface area contributed by atoms with Crippen molar-refractivity contribution in [1.29, 1.82) is 0 Å². The molecule has 0 bridgehead atoms. The second kappa shape index (κ2) is 7.86. The molecule has 2 rings (SSSR count). The van der Waals surface area contributed by atoms with Gasteiger partial charge in [0.1, 0.15) is 11.6 Å². The highest BCUT2D eigenvalue weighted by Gasteiger charge is 2.34. The van der Waals surface area contributed by atoms with Gasteiger partial charge in [0.15, 0.2) is 5.69 Å². The Bertz CT molecular complexity index is 765. The van der Waals surface area contributed by atoms with Crippen molar-refractivity contribution >= 4 is 17.5 Å². The number of rotatable bonds is 6. The van der Waals surface area contributed by atoms with Crippen LogP contribution in [0.1, 0.15) is 25.1 Å². The van der Waals surface area contributed by atoms with Gasteiger partial charge in [0.25, 0.3) is 0 Å². The molecule has 0 aliphatic rings. The minimum atomic E-state index is -4.68. The zero-order chi connectivity index (χ0) is 19.5. The van der Waals surface area contributed by atoms with E-state index in [4.69, 9.17) is 0 Å². The molecule has 0 radical (unpaired) electrons. The fraction of sp³-hybridized carbons (Fsp3) is 0.412. The molecular formula is C17H20F4N4O. The number of aliphatic hydroxyl groups is 1. The van der Waals surface area contributed by atoms with E-state index in [1.54, 1.807) is 20.8 Å². The molecule has 0 aliphatic carbocycles. The number of anilines is 3. The van der Waals surface area contributed by atoms with Crippen LogP contribution in [-0.4, -0.2) is 27.7 Å². The number of aromatic nitrogens is 2. The van der Waals surface area contributed by atoms with E-state index in [0.29, 0.717) is 5.56 Å². The van der Waals surface area contributed by atoms with E-state index in [-0.39, 0.29) is 30.0 Å². The maximum Gasteiger partial charge on any atom is 0.433 e. The van der Waals surface area contributed by atoms with Crippen LogP contribution in [0.25, 0.3) is 0 Å². The quantitative estimate of drug-likeness (QED) is 0.666. The Hall–Kier alpha value is -2.42. The minimum Gasteiger partial charge on any atom is -0.394 e. The molecule has 0 unspecified atom stereocenters. The molecule has 2 aromatic rings. The molecule has 0 spiro atoms. The van der Waals surface area contributed by atoms with Crippen LogP contribution >= 0.6 is 0 Å². The number of nitrogens with zero attached hydrogens (tertiary/aromatic N) is 2. The van der Waals surface area contributed by atoms with Gasteiger partial charge in [-0.05, 0) is 30.5 Å². The van der Waals surface area contributed by atoms with Gasteiger partial charge in [-0.2, -0.15) is 18.2 Å². The van der Waals surface area contributed by atoms with Crippen LogP contribution < -0.4 is 10.6 Å². The first kappa shape index (κ1) is 19.9.